The van der Waals surface area contributed by atoms with Crippen LogP contribution in [0.3, 0.4) is 0 Å². The summed E-state index contributed by atoms with van der Waals surface area (Å²) in [5.74, 6) is 0. The second-order valence-corrected chi connectivity index (χ2v) is 2.35. The van der Waals surface area contributed by atoms with Gasteiger partial charge in [-0.15, -0.1) is 0 Å². The highest BCUT2D eigenvalue weighted by molar-refractivity contribution is 5.77. The molecule has 2 aliphatic rings. The van der Waals surface area contributed by atoms with Gasteiger partial charge in [0.1, 0.15) is 0 Å². The van der Waals surface area contributed by atoms with Gasteiger partial charge in [-0.3, -0.25) is 0 Å². The predicted octanol–water partition coefficient (Wildman–Crippen LogP) is 2.79. The van der Waals surface area contributed by atoms with Crippen molar-refractivity contribution in [3.63, 3.8) is 0 Å². The molecule has 0 saturated carbocycles. The summed E-state index contributed by atoms with van der Waals surface area (Å²) in [4.78, 5) is 0. The van der Waals surface area contributed by atoms with E-state index in [0.29, 0.717) is 0 Å². The summed E-state index contributed by atoms with van der Waals surface area (Å²) >= 11 is 0. The molecule has 10 heavy (non-hydrogen) atoms. The maximum atomic E-state index is 2.17. The Balaban J connectivity index is 2.53. The first-order valence-corrected chi connectivity index (χ1v) is 3.40. The summed E-state index contributed by atoms with van der Waals surface area (Å²) in [7, 11) is 0. The molecule has 0 fully saturated rings. The van der Waals surface area contributed by atoms with E-state index in [2.05, 4.69) is 30.3 Å². The average molecular weight is 128 g/mol. The van der Waals surface area contributed by atoms with Crippen molar-refractivity contribution < 1.29 is 0 Å². The van der Waals surface area contributed by atoms with Crippen molar-refractivity contribution in [1.82, 2.24) is 0 Å². The van der Waals surface area contributed by atoms with Crippen LogP contribution in [0.5, 0.6) is 0 Å². The monoisotopic (exact) mass is 128 g/mol. The Hall–Kier alpha value is -1.30. The second kappa shape index (κ2) is 2.14. The minimum Gasteiger partial charge on any atom is -0.0623 e. The number of hydrogen-bond acceptors (Lipinski definition) is 0. The van der Waals surface area contributed by atoms with Gasteiger partial charge in [-0.25, -0.2) is 0 Å². The van der Waals surface area contributed by atoms with Crippen molar-refractivity contribution in [1.29, 1.82) is 0 Å². The summed E-state index contributed by atoms with van der Waals surface area (Å²) in [6.45, 7) is 0. The van der Waals surface area contributed by atoms with E-state index in [9.17, 15) is 0 Å². The molecule has 0 heteroatoms. The molecule has 0 spiro atoms. The topological polar surface area (TPSA) is 0 Å². The smallest absolute Gasteiger partial charge is 0.0178 e. The Bertz CT molecular complexity index is 271. The molecule has 2 rings (SSSR count). The van der Waals surface area contributed by atoms with Gasteiger partial charge in [-0.1, -0.05) is 42.5 Å². The third-order valence-electron chi connectivity index (χ3n) is 1.56. The molecule has 0 unspecified atom stereocenters. The van der Waals surface area contributed by atoms with E-state index >= 15 is 0 Å². The van der Waals surface area contributed by atoms with E-state index in [0.717, 1.165) is 0 Å². The molecule has 0 heterocycles. The summed E-state index contributed by atoms with van der Waals surface area (Å²) in [6, 6.07) is 16.6. The molecule has 0 bridgehead atoms. The largest absolute Gasteiger partial charge is 0.0623 e. The van der Waals surface area contributed by atoms with Gasteiger partial charge in [0.05, 0.1) is 0 Å². The first-order chi connectivity index (χ1) is 4.97. The lowest BCUT2D eigenvalue weighted by atomic mass is 10.4. The summed E-state index contributed by atoms with van der Waals surface area (Å²) < 4.78 is 0. The third-order valence-corrected chi connectivity index (χ3v) is 1.56. The van der Waals surface area contributed by atoms with E-state index in [1.54, 1.807) is 0 Å². The van der Waals surface area contributed by atoms with Gasteiger partial charge >= 0.3 is 0 Å². The maximum absolute atomic E-state index is 2.17. The number of rotatable bonds is 0. The Kier molecular flexibility index (Phi) is 1.17. The minimum absolute atomic E-state index is 1.36. The molecule has 0 aromatic heterocycles. The molecule has 0 saturated heterocycles. The molecule has 0 atom stereocenters. The zero-order chi connectivity index (χ0) is 6.81. The van der Waals surface area contributed by atoms with E-state index < -0.39 is 0 Å². The molecule has 0 amide bonds. The fourth-order valence-electron chi connectivity index (χ4n) is 0.931. The van der Waals surface area contributed by atoms with Crippen LogP contribution in [0, 0.1) is 0 Å². The summed E-state index contributed by atoms with van der Waals surface area (Å²) in [6.07, 6.45) is 0. The van der Waals surface area contributed by atoms with Crippen LogP contribution in [0.25, 0.3) is 11.1 Å². The molecule has 0 aromatic rings. The maximum Gasteiger partial charge on any atom is -0.0178 e. The lowest BCUT2D eigenvalue weighted by molar-refractivity contribution is 1.81. The van der Waals surface area contributed by atoms with Crippen molar-refractivity contribution >= 4 is 0 Å². The van der Waals surface area contributed by atoms with E-state index in [-0.39, 0.29) is 0 Å². The molecule has 0 aromatic carbocycles. The van der Waals surface area contributed by atoms with Crippen LogP contribution >= 0.6 is 0 Å². The average Bonchev–Trinajstić information content (AvgIpc) is 2.66. The predicted molar refractivity (Wildman–Crippen MR) is 43.1 cm³/mol. The standard InChI is InChI=1S/C10H8/c1-2-4-6-9-8-10(9)7-5-3-1/h1-8H. The van der Waals surface area contributed by atoms with Crippen LogP contribution in [0.1, 0.15) is 0 Å². The lowest BCUT2D eigenvalue weighted by Crippen LogP contribution is -1.41. The van der Waals surface area contributed by atoms with Crippen LogP contribution in [0.15, 0.2) is 48.5 Å². The van der Waals surface area contributed by atoms with Crippen molar-refractivity contribution in [2.75, 3.05) is 0 Å². The first kappa shape index (κ1) is 5.48. The Morgan fingerprint density at radius 3 is 1.70 bits per heavy atom. The molecule has 48 valence electrons. The fraction of sp³-hybridized carbons (Fsp3) is 0. The molecular formula is C10H8. The van der Waals surface area contributed by atoms with Crippen LogP contribution in [0.4, 0.5) is 0 Å². The van der Waals surface area contributed by atoms with Gasteiger partial charge < -0.3 is 0 Å². The SMILES string of the molecule is c1cccc2cc-2ccc1. The molecule has 0 radical (unpaired) electrons. The molecular weight excluding hydrogens is 120 g/mol. The fourth-order valence-corrected chi connectivity index (χ4v) is 0.931. The quantitative estimate of drug-likeness (QED) is 0.511. The van der Waals surface area contributed by atoms with Crippen LogP contribution < -0.4 is 0 Å². The van der Waals surface area contributed by atoms with Gasteiger partial charge in [0.15, 0.2) is 0 Å². The highest BCUT2D eigenvalue weighted by atomic mass is 14.1. The van der Waals surface area contributed by atoms with Crippen LogP contribution in [-0.4, -0.2) is 0 Å². The second-order valence-electron chi connectivity index (χ2n) is 2.35. The number of hydrogen-bond donors (Lipinski definition) is 0. The summed E-state index contributed by atoms with van der Waals surface area (Å²) in [5.41, 5.74) is 2.72. The van der Waals surface area contributed by atoms with Crippen molar-refractivity contribution in [2.45, 2.75) is 0 Å². The third kappa shape index (κ3) is 1.01. The molecule has 2 aliphatic carbocycles. The normalized spacial score (nSPS) is 10.0. The van der Waals surface area contributed by atoms with Gasteiger partial charge in [-0.2, -0.15) is 0 Å². The van der Waals surface area contributed by atoms with Crippen molar-refractivity contribution in [3.05, 3.63) is 48.5 Å². The highest BCUT2D eigenvalue weighted by Crippen LogP contribution is 2.29. The zero-order valence-corrected chi connectivity index (χ0v) is 5.62. The summed E-state index contributed by atoms with van der Waals surface area (Å²) in [5, 5.41) is 0. The Labute approximate surface area is 60.5 Å². The van der Waals surface area contributed by atoms with E-state index in [1.807, 2.05) is 18.2 Å². The van der Waals surface area contributed by atoms with Gasteiger partial charge in [0.2, 0.25) is 0 Å². The molecule has 0 aliphatic heterocycles. The molecule has 0 N–H and O–H groups in total. The lowest BCUT2D eigenvalue weighted by Gasteiger charge is -1.66. The van der Waals surface area contributed by atoms with Gasteiger partial charge in [0, 0.05) is 0 Å². The molecule has 0 nitrogen and oxygen atoms in total. The van der Waals surface area contributed by atoms with Crippen LogP contribution in [0.2, 0.25) is 0 Å². The van der Waals surface area contributed by atoms with Gasteiger partial charge in [0.25, 0.3) is 0 Å². The highest BCUT2D eigenvalue weighted by Gasteiger charge is 2.03. The first-order valence-electron chi connectivity index (χ1n) is 3.40. The van der Waals surface area contributed by atoms with E-state index in [4.69, 9.17) is 0 Å². The van der Waals surface area contributed by atoms with Crippen LogP contribution in [-0.2, 0) is 0 Å². The Morgan fingerprint density at radius 1 is 0.600 bits per heavy atom. The Morgan fingerprint density at radius 2 is 1.10 bits per heavy atom. The van der Waals surface area contributed by atoms with Crippen molar-refractivity contribution in [3.8, 4) is 11.1 Å². The zero-order valence-electron chi connectivity index (χ0n) is 5.62. The van der Waals surface area contributed by atoms with Crippen molar-refractivity contribution in [2.24, 2.45) is 0 Å². The van der Waals surface area contributed by atoms with E-state index in [1.165, 1.54) is 11.1 Å². The van der Waals surface area contributed by atoms with Gasteiger partial charge in [-0.05, 0) is 17.2 Å². The number of fused-ring (bicyclic) bond motifs is 1. The minimum atomic E-state index is 1.36.